The maximum Gasteiger partial charge on any atom is 0.257 e. The highest BCUT2D eigenvalue weighted by Crippen LogP contribution is 2.18. The van der Waals surface area contributed by atoms with E-state index in [4.69, 9.17) is 5.73 Å². The molecule has 5 heteroatoms. The molecule has 0 unspecified atom stereocenters. The fourth-order valence-electron chi connectivity index (χ4n) is 1.03. The van der Waals surface area contributed by atoms with Crippen LogP contribution in [0.2, 0.25) is 0 Å². The molecule has 0 aliphatic heterocycles. The van der Waals surface area contributed by atoms with E-state index in [1.165, 1.54) is 6.08 Å². The first kappa shape index (κ1) is 11.2. The van der Waals surface area contributed by atoms with E-state index in [1.54, 1.807) is 0 Å². The molecule has 0 aliphatic carbocycles. The summed E-state index contributed by atoms with van der Waals surface area (Å²) >= 11 is 0. The van der Waals surface area contributed by atoms with Crippen molar-refractivity contribution < 1.29 is 13.6 Å². The summed E-state index contributed by atoms with van der Waals surface area (Å²) in [5.74, 6) is -2.84. The van der Waals surface area contributed by atoms with Gasteiger partial charge in [-0.2, -0.15) is 0 Å². The molecule has 0 saturated carbocycles. The van der Waals surface area contributed by atoms with Gasteiger partial charge in [0.15, 0.2) is 5.82 Å². The van der Waals surface area contributed by atoms with Gasteiger partial charge in [-0.1, -0.05) is 6.08 Å². The standard InChI is InChI=1S/C10H10F2N2O/c1-2-5-14-10(15)8-6(11)3-4-7(13)9(8)12/h2-4H,1,5,13H2,(H,14,15). The Morgan fingerprint density at radius 2 is 2.20 bits per heavy atom. The van der Waals surface area contributed by atoms with E-state index < -0.39 is 23.1 Å². The van der Waals surface area contributed by atoms with Crippen LogP contribution >= 0.6 is 0 Å². The number of nitrogen functional groups attached to an aromatic ring is 1. The van der Waals surface area contributed by atoms with Crippen LogP contribution in [0, 0.1) is 11.6 Å². The molecule has 1 amide bonds. The van der Waals surface area contributed by atoms with E-state index >= 15 is 0 Å². The second-order valence-corrected chi connectivity index (χ2v) is 2.82. The number of benzene rings is 1. The Labute approximate surface area is 85.6 Å². The van der Waals surface area contributed by atoms with Crippen molar-refractivity contribution in [2.45, 2.75) is 0 Å². The molecule has 80 valence electrons. The normalized spacial score (nSPS) is 9.73. The quantitative estimate of drug-likeness (QED) is 0.588. The van der Waals surface area contributed by atoms with Gasteiger partial charge in [0.2, 0.25) is 0 Å². The van der Waals surface area contributed by atoms with E-state index in [-0.39, 0.29) is 12.2 Å². The number of hydrogen-bond donors (Lipinski definition) is 2. The van der Waals surface area contributed by atoms with Crippen LogP contribution in [0.1, 0.15) is 10.4 Å². The third-order valence-electron chi connectivity index (χ3n) is 1.76. The van der Waals surface area contributed by atoms with Crippen LogP contribution in [0.4, 0.5) is 14.5 Å². The Kier molecular flexibility index (Phi) is 3.38. The Hall–Kier alpha value is -1.91. The largest absolute Gasteiger partial charge is 0.396 e. The third-order valence-corrected chi connectivity index (χ3v) is 1.76. The molecule has 0 fully saturated rings. The molecule has 1 rings (SSSR count). The highest BCUT2D eigenvalue weighted by molar-refractivity contribution is 5.95. The molecule has 1 aromatic carbocycles. The Morgan fingerprint density at radius 1 is 1.53 bits per heavy atom. The van der Waals surface area contributed by atoms with Crippen molar-refractivity contribution in [2.75, 3.05) is 12.3 Å². The van der Waals surface area contributed by atoms with Gasteiger partial charge in [0.25, 0.3) is 5.91 Å². The van der Waals surface area contributed by atoms with Crippen LogP contribution < -0.4 is 11.1 Å². The second kappa shape index (κ2) is 4.54. The summed E-state index contributed by atoms with van der Waals surface area (Å²) in [7, 11) is 0. The average Bonchev–Trinajstić information content (AvgIpc) is 2.21. The van der Waals surface area contributed by atoms with E-state index in [1.807, 2.05) is 0 Å². The van der Waals surface area contributed by atoms with Crippen LogP contribution in [0.15, 0.2) is 24.8 Å². The Morgan fingerprint density at radius 3 is 2.80 bits per heavy atom. The lowest BCUT2D eigenvalue weighted by atomic mass is 10.1. The molecule has 0 aliphatic rings. The van der Waals surface area contributed by atoms with Gasteiger partial charge in [0.05, 0.1) is 5.69 Å². The highest BCUT2D eigenvalue weighted by atomic mass is 19.1. The van der Waals surface area contributed by atoms with E-state index in [0.29, 0.717) is 0 Å². The number of halogens is 2. The SMILES string of the molecule is C=CCNC(=O)c1c(F)ccc(N)c1F. The summed E-state index contributed by atoms with van der Waals surface area (Å²) < 4.78 is 26.4. The Balaban J connectivity index is 3.07. The predicted octanol–water partition coefficient (Wildman–Crippen LogP) is 1.46. The zero-order chi connectivity index (χ0) is 11.4. The van der Waals surface area contributed by atoms with Gasteiger partial charge in [0.1, 0.15) is 11.4 Å². The fourth-order valence-corrected chi connectivity index (χ4v) is 1.03. The predicted molar refractivity (Wildman–Crippen MR) is 53.3 cm³/mol. The van der Waals surface area contributed by atoms with Gasteiger partial charge in [-0.25, -0.2) is 8.78 Å². The maximum atomic E-state index is 13.3. The van der Waals surface area contributed by atoms with E-state index in [2.05, 4.69) is 11.9 Å². The fraction of sp³-hybridized carbons (Fsp3) is 0.100. The minimum Gasteiger partial charge on any atom is -0.396 e. The lowest BCUT2D eigenvalue weighted by Crippen LogP contribution is -2.25. The molecule has 0 radical (unpaired) electrons. The van der Waals surface area contributed by atoms with Gasteiger partial charge in [-0.3, -0.25) is 4.79 Å². The maximum absolute atomic E-state index is 13.3. The van der Waals surface area contributed by atoms with Crippen molar-refractivity contribution in [1.82, 2.24) is 5.32 Å². The topological polar surface area (TPSA) is 55.1 Å². The van der Waals surface area contributed by atoms with Crippen molar-refractivity contribution in [3.63, 3.8) is 0 Å². The summed E-state index contributed by atoms with van der Waals surface area (Å²) in [5.41, 5.74) is 4.28. The molecule has 3 nitrogen and oxygen atoms in total. The zero-order valence-corrected chi connectivity index (χ0v) is 7.89. The first-order chi connectivity index (χ1) is 7.07. The van der Waals surface area contributed by atoms with Gasteiger partial charge in [-0.15, -0.1) is 6.58 Å². The number of carbonyl (C=O) groups excluding carboxylic acids is 1. The Bertz CT molecular complexity index is 405. The molecule has 0 bridgehead atoms. The van der Waals surface area contributed by atoms with Gasteiger partial charge in [-0.05, 0) is 12.1 Å². The molecular formula is C10H10F2N2O. The third kappa shape index (κ3) is 2.31. The summed E-state index contributed by atoms with van der Waals surface area (Å²) in [6.07, 6.45) is 1.40. The summed E-state index contributed by atoms with van der Waals surface area (Å²) in [6, 6.07) is 2.01. The minimum absolute atomic E-state index is 0.131. The van der Waals surface area contributed by atoms with Crippen molar-refractivity contribution in [3.05, 3.63) is 42.0 Å². The molecule has 0 saturated heterocycles. The lowest BCUT2D eigenvalue weighted by molar-refractivity contribution is 0.0949. The van der Waals surface area contributed by atoms with Crippen molar-refractivity contribution in [3.8, 4) is 0 Å². The average molecular weight is 212 g/mol. The van der Waals surface area contributed by atoms with Crippen LogP contribution in [-0.4, -0.2) is 12.5 Å². The number of hydrogen-bond acceptors (Lipinski definition) is 2. The van der Waals surface area contributed by atoms with Crippen molar-refractivity contribution in [2.24, 2.45) is 0 Å². The zero-order valence-electron chi connectivity index (χ0n) is 7.89. The summed E-state index contributed by atoms with van der Waals surface area (Å²) in [4.78, 5) is 11.3. The smallest absolute Gasteiger partial charge is 0.257 e. The second-order valence-electron chi connectivity index (χ2n) is 2.82. The molecule has 1 aromatic rings. The first-order valence-electron chi connectivity index (χ1n) is 4.20. The van der Waals surface area contributed by atoms with E-state index in [0.717, 1.165) is 12.1 Å². The van der Waals surface area contributed by atoms with E-state index in [9.17, 15) is 13.6 Å². The van der Waals surface area contributed by atoms with Crippen LogP contribution in [0.25, 0.3) is 0 Å². The molecular weight excluding hydrogens is 202 g/mol. The number of nitrogens with one attached hydrogen (secondary N) is 1. The number of nitrogens with two attached hydrogens (primary N) is 1. The van der Waals surface area contributed by atoms with Crippen LogP contribution in [0.5, 0.6) is 0 Å². The molecule has 0 spiro atoms. The number of carbonyl (C=O) groups is 1. The van der Waals surface area contributed by atoms with Crippen LogP contribution in [-0.2, 0) is 0 Å². The molecule has 0 atom stereocenters. The van der Waals surface area contributed by atoms with Gasteiger partial charge in [0, 0.05) is 6.54 Å². The number of anilines is 1. The number of rotatable bonds is 3. The highest BCUT2D eigenvalue weighted by Gasteiger charge is 2.18. The first-order valence-corrected chi connectivity index (χ1v) is 4.20. The summed E-state index contributed by atoms with van der Waals surface area (Å²) in [5, 5.41) is 2.26. The van der Waals surface area contributed by atoms with Crippen molar-refractivity contribution >= 4 is 11.6 Å². The lowest BCUT2D eigenvalue weighted by Gasteiger charge is -2.06. The van der Waals surface area contributed by atoms with Gasteiger partial charge >= 0.3 is 0 Å². The number of amides is 1. The summed E-state index contributed by atoms with van der Waals surface area (Å²) in [6.45, 7) is 3.49. The van der Waals surface area contributed by atoms with Crippen LogP contribution in [0.3, 0.4) is 0 Å². The van der Waals surface area contributed by atoms with Gasteiger partial charge < -0.3 is 11.1 Å². The van der Waals surface area contributed by atoms with Crippen molar-refractivity contribution in [1.29, 1.82) is 0 Å². The molecule has 0 heterocycles. The molecule has 15 heavy (non-hydrogen) atoms. The monoisotopic (exact) mass is 212 g/mol. The minimum atomic E-state index is -1.04. The molecule has 3 N–H and O–H groups in total. The molecule has 0 aromatic heterocycles.